The van der Waals surface area contributed by atoms with Crippen LogP contribution in [-0.4, -0.2) is 40.1 Å². The number of benzene rings is 2. The standard InChI is InChI=1S/C23H24N4O2S/c1-17-11-18(16-27(17)30(28,29)22-5-3-2-4-6-22)15-26-10-9-20-12-19(7-8-23(20)26)21-13-24-25-14-21/h2-10,12-14,17-18H,11,15-16H2,1H3,(H,24,25)/t17-,18?/m0/s1. The number of rotatable bonds is 5. The topological polar surface area (TPSA) is 71.0 Å². The number of fused-ring (bicyclic) bond motifs is 1. The van der Waals surface area contributed by atoms with E-state index in [0.717, 1.165) is 24.1 Å². The number of aromatic nitrogens is 3. The molecular weight excluding hydrogens is 396 g/mol. The minimum Gasteiger partial charge on any atom is -0.347 e. The lowest BCUT2D eigenvalue weighted by Crippen LogP contribution is -2.34. The van der Waals surface area contributed by atoms with Crippen molar-refractivity contribution in [1.82, 2.24) is 19.1 Å². The molecule has 1 unspecified atom stereocenters. The number of sulfonamides is 1. The van der Waals surface area contributed by atoms with Gasteiger partial charge in [0, 0.05) is 48.0 Å². The molecule has 1 fully saturated rings. The van der Waals surface area contributed by atoms with Gasteiger partial charge in [0.25, 0.3) is 0 Å². The molecule has 1 aliphatic heterocycles. The second-order valence-corrected chi connectivity index (χ2v) is 9.96. The summed E-state index contributed by atoms with van der Waals surface area (Å²) in [5, 5.41) is 8.05. The van der Waals surface area contributed by atoms with Crippen LogP contribution in [-0.2, 0) is 16.6 Å². The molecule has 4 aromatic rings. The molecule has 30 heavy (non-hydrogen) atoms. The molecule has 0 bridgehead atoms. The van der Waals surface area contributed by atoms with Gasteiger partial charge in [-0.25, -0.2) is 8.42 Å². The predicted molar refractivity (Wildman–Crippen MR) is 117 cm³/mol. The molecule has 1 N–H and O–H groups in total. The molecule has 154 valence electrons. The first-order chi connectivity index (χ1) is 14.5. The third-order valence-corrected chi connectivity index (χ3v) is 8.01. The average molecular weight is 421 g/mol. The minimum atomic E-state index is -3.46. The van der Waals surface area contributed by atoms with Crippen molar-refractivity contribution in [2.75, 3.05) is 6.54 Å². The van der Waals surface area contributed by atoms with Crippen LogP contribution in [0, 0.1) is 5.92 Å². The van der Waals surface area contributed by atoms with E-state index in [9.17, 15) is 8.42 Å². The summed E-state index contributed by atoms with van der Waals surface area (Å²) in [6, 6.07) is 17.2. The van der Waals surface area contributed by atoms with E-state index in [1.165, 1.54) is 10.9 Å². The molecule has 7 heteroatoms. The van der Waals surface area contributed by atoms with E-state index in [-0.39, 0.29) is 12.0 Å². The van der Waals surface area contributed by atoms with E-state index < -0.39 is 10.0 Å². The summed E-state index contributed by atoms with van der Waals surface area (Å²) in [7, 11) is -3.46. The fourth-order valence-corrected chi connectivity index (χ4v) is 6.27. The molecule has 2 aromatic carbocycles. The number of aromatic amines is 1. The lowest BCUT2D eigenvalue weighted by atomic mass is 10.1. The predicted octanol–water partition coefficient (Wildman–Crippen LogP) is 4.13. The maximum absolute atomic E-state index is 13.1. The van der Waals surface area contributed by atoms with Crippen molar-refractivity contribution >= 4 is 20.9 Å². The first-order valence-electron chi connectivity index (χ1n) is 10.2. The zero-order valence-electron chi connectivity index (χ0n) is 16.8. The zero-order chi connectivity index (χ0) is 20.7. The van der Waals surface area contributed by atoms with Crippen molar-refractivity contribution in [3.05, 3.63) is 73.2 Å². The largest absolute Gasteiger partial charge is 0.347 e. The Kier molecular flexibility index (Phi) is 4.72. The molecule has 5 rings (SSSR count). The molecule has 0 saturated carbocycles. The number of hydrogen-bond acceptors (Lipinski definition) is 3. The Morgan fingerprint density at radius 2 is 1.93 bits per heavy atom. The molecule has 3 heterocycles. The van der Waals surface area contributed by atoms with E-state index in [1.54, 1.807) is 28.6 Å². The lowest BCUT2D eigenvalue weighted by Gasteiger charge is -2.21. The van der Waals surface area contributed by atoms with Crippen molar-refractivity contribution in [2.45, 2.75) is 30.8 Å². The van der Waals surface area contributed by atoms with Crippen LogP contribution in [0.25, 0.3) is 22.0 Å². The highest BCUT2D eigenvalue weighted by Crippen LogP contribution is 2.32. The van der Waals surface area contributed by atoms with E-state index >= 15 is 0 Å². The van der Waals surface area contributed by atoms with Crippen LogP contribution < -0.4 is 0 Å². The smallest absolute Gasteiger partial charge is 0.243 e. The normalized spacial score (nSPS) is 20.2. The molecule has 1 aliphatic rings. The summed E-state index contributed by atoms with van der Waals surface area (Å²) >= 11 is 0. The van der Waals surface area contributed by atoms with Gasteiger partial charge in [0.15, 0.2) is 0 Å². The molecule has 0 aliphatic carbocycles. The summed E-state index contributed by atoms with van der Waals surface area (Å²) in [4.78, 5) is 0.371. The van der Waals surface area contributed by atoms with Crippen LogP contribution >= 0.6 is 0 Å². The van der Waals surface area contributed by atoms with Gasteiger partial charge in [-0.15, -0.1) is 0 Å². The highest BCUT2D eigenvalue weighted by atomic mass is 32.2. The van der Waals surface area contributed by atoms with Crippen molar-refractivity contribution in [3.8, 4) is 11.1 Å². The van der Waals surface area contributed by atoms with Crippen molar-refractivity contribution in [3.63, 3.8) is 0 Å². The average Bonchev–Trinajstić information content (AvgIpc) is 3.49. The summed E-state index contributed by atoms with van der Waals surface area (Å²) < 4.78 is 30.0. The van der Waals surface area contributed by atoms with Crippen LogP contribution in [0.3, 0.4) is 0 Å². The molecule has 2 atom stereocenters. The highest BCUT2D eigenvalue weighted by Gasteiger charge is 2.37. The van der Waals surface area contributed by atoms with Crippen LogP contribution in [0.2, 0.25) is 0 Å². The van der Waals surface area contributed by atoms with Crippen molar-refractivity contribution < 1.29 is 8.42 Å². The maximum atomic E-state index is 13.1. The van der Waals surface area contributed by atoms with Gasteiger partial charge < -0.3 is 4.57 Å². The summed E-state index contributed by atoms with van der Waals surface area (Å²) in [5.74, 6) is 0.280. The van der Waals surface area contributed by atoms with Gasteiger partial charge in [0.1, 0.15) is 0 Å². The Morgan fingerprint density at radius 1 is 1.10 bits per heavy atom. The van der Waals surface area contributed by atoms with Gasteiger partial charge in [0.05, 0.1) is 11.1 Å². The number of nitrogens with zero attached hydrogens (tertiary/aromatic N) is 3. The van der Waals surface area contributed by atoms with Crippen LogP contribution in [0.15, 0.2) is 78.1 Å². The quantitative estimate of drug-likeness (QED) is 0.528. The van der Waals surface area contributed by atoms with E-state index in [2.05, 4.69) is 45.2 Å². The van der Waals surface area contributed by atoms with Gasteiger partial charge in [-0.05, 0) is 55.2 Å². The second-order valence-electron chi connectivity index (χ2n) is 8.07. The summed E-state index contributed by atoms with van der Waals surface area (Å²) in [5.41, 5.74) is 3.36. The Labute approximate surface area is 176 Å². The van der Waals surface area contributed by atoms with Gasteiger partial charge in [-0.2, -0.15) is 9.40 Å². The second kappa shape index (κ2) is 7.41. The van der Waals surface area contributed by atoms with Gasteiger partial charge in [-0.3, -0.25) is 5.10 Å². The molecule has 0 spiro atoms. The monoisotopic (exact) mass is 420 g/mol. The fraction of sp³-hybridized carbons (Fsp3) is 0.261. The highest BCUT2D eigenvalue weighted by molar-refractivity contribution is 7.89. The summed E-state index contributed by atoms with van der Waals surface area (Å²) in [6.07, 6.45) is 6.67. The molecular formula is C23H24N4O2S. The first kappa shape index (κ1) is 19.1. The van der Waals surface area contributed by atoms with Crippen LogP contribution in [0.1, 0.15) is 13.3 Å². The van der Waals surface area contributed by atoms with Gasteiger partial charge in [-0.1, -0.05) is 24.3 Å². The Balaban J connectivity index is 1.36. The molecule has 0 amide bonds. The summed E-state index contributed by atoms with van der Waals surface area (Å²) in [6.45, 7) is 3.36. The number of H-pyrrole nitrogens is 1. The Morgan fingerprint density at radius 3 is 2.70 bits per heavy atom. The molecule has 0 radical (unpaired) electrons. The van der Waals surface area contributed by atoms with Crippen molar-refractivity contribution in [2.24, 2.45) is 5.92 Å². The fourth-order valence-electron chi connectivity index (χ4n) is 4.53. The van der Waals surface area contributed by atoms with Gasteiger partial charge >= 0.3 is 0 Å². The third-order valence-electron chi connectivity index (χ3n) is 6.01. The number of nitrogens with one attached hydrogen (secondary N) is 1. The number of hydrogen-bond donors (Lipinski definition) is 1. The van der Waals surface area contributed by atoms with Crippen molar-refractivity contribution in [1.29, 1.82) is 0 Å². The zero-order valence-corrected chi connectivity index (χ0v) is 17.6. The molecule has 1 saturated heterocycles. The minimum absolute atomic E-state index is 0.00488. The molecule has 6 nitrogen and oxygen atoms in total. The lowest BCUT2D eigenvalue weighted by molar-refractivity contribution is 0.400. The van der Waals surface area contributed by atoms with Gasteiger partial charge in [0.2, 0.25) is 10.0 Å². The molecule has 2 aromatic heterocycles. The maximum Gasteiger partial charge on any atom is 0.243 e. The SMILES string of the molecule is C[C@H]1CC(Cn2ccc3cc(-c4cn[nH]c4)ccc32)CN1S(=O)(=O)c1ccccc1. The first-order valence-corrected chi connectivity index (χ1v) is 11.6. The van der Waals surface area contributed by atoms with E-state index in [0.29, 0.717) is 11.4 Å². The van der Waals surface area contributed by atoms with Crippen LogP contribution in [0.4, 0.5) is 0 Å². The van der Waals surface area contributed by atoms with Crippen LogP contribution in [0.5, 0.6) is 0 Å². The van der Waals surface area contributed by atoms with E-state index in [4.69, 9.17) is 0 Å². The Bertz CT molecular complexity index is 1260. The van der Waals surface area contributed by atoms with E-state index in [1.807, 2.05) is 25.4 Å². The third kappa shape index (κ3) is 3.34. The Hall–Kier alpha value is -2.90.